The van der Waals surface area contributed by atoms with Crippen LogP contribution >= 0.6 is 0 Å². The van der Waals surface area contributed by atoms with E-state index in [1.54, 1.807) is 19.1 Å². The Labute approximate surface area is 99.6 Å². The maximum absolute atomic E-state index is 13.6. The number of nitrogens with one attached hydrogen (secondary N) is 1. The highest BCUT2D eigenvalue weighted by molar-refractivity contribution is 5.49. The molecule has 1 aromatic heterocycles. The normalized spacial score (nSPS) is 10.4. The molecule has 0 amide bonds. The maximum atomic E-state index is 13.6. The third kappa shape index (κ3) is 3.26. The molecule has 0 radical (unpaired) electrons. The van der Waals surface area contributed by atoms with Gasteiger partial charge in [0.2, 0.25) is 0 Å². The number of anilines is 2. The molecule has 0 unspecified atom stereocenters. The minimum absolute atomic E-state index is 0.0391. The van der Waals surface area contributed by atoms with E-state index in [1.165, 1.54) is 0 Å². The molecule has 0 atom stereocenters. The Morgan fingerprint density at radius 1 is 1.41 bits per heavy atom. The number of rotatable bonds is 6. The highest BCUT2D eigenvalue weighted by Crippen LogP contribution is 2.21. The van der Waals surface area contributed by atoms with Crippen molar-refractivity contribution in [3.05, 3.63) is 17.7 Å². The molecule has 0 aliphatic rings. The third-order valence-electron chi connectivity index (χ3n) is 2.39. The highest BCUT2D eigenvalue weighted by atomic mass is 19.1. The minimum atomic E-state index is -0.698. The van der Waals surface area contributed by atoms with Crippen molar-refractivity contribution in [2.24, 2.45) is 0 Å². The molecule has 0 aliphatic heterocycles. The van der Waals surface area contributed by atoms with Gasteiger partial charge in [0.05, 0.1) is 6.61 Å². The van der Waals surface area contributed by atoms with E-state index in [9.17, 15) is 8.78 Å². The van der Waals surface area contributed by atoms with Gasteiger partial charge in [-0.05, 0) is 6.92 Å². The predicted octanol–water partition coefficient (Wildman–Crippen LogP) is 1.87. The first-order chi connectivity index (χ1) is 8.13. The predicted molar refractivity (Wildman–Crippen MR) is 63.5 cm³/mol. The molecular formula is C11H17F2N3O. The first kappa shape index (κ1) is 13.6. The summed E-state index contributed by atoms with van der Waals surface area (Å²) in [5.41, 5.74) is 0. The van der Waals surface area contributed by atoms with Crippen LogP contribution in [0.25, 0.3) is 0 Å². The molecule has 0 spiro atoms. The minimum Gasteiger partial charge on any atom is -0.383 e. The summed E-state index contributed by atoms with van der Waals surface area (Å²) in [4.78, 5) is 5.62. The molecule has 0 saturated heterocycles. The summed E-state index contributed by atoms with van der Waals surface area (Å²) >= 11 is 0. The molecule has 1 aromatic rings. The number of halogens is 2. The quantitative estimate of drug-likeness (QED) is 0.830. The average Bonchev–Trinajstić information content (AvgIpc) is 2.32. The van der Waals surface area contributed by atoms with Crippen LogP contribution in [0.4, 0.5) is 20.4 Å². The monoisotopic (exact) mass is 245 g/mol. The lowest BCUT2D eigenvalue weighted by atomic mass is 10.3. The molecule has 0 fully saturated rings. The van der Waals surface area contributed by atoms with Crippen molar-refractivity contribution in [3.8, 4) is 0 Å². The summed E-state index contributed by atoms with van der Waals surface area (Å²) in [6.07, 6.45) is 0. The molecular weight excluding hydrogens is 228 g/mol. The van der Waals surface area contributed by atoms with Crippen LogP contribution in [0.1, 0.15) is 6.92 Å². The van der Waals surface area contributed by atoms with Crippen LogP contribution in [0, 0.1) is 11.6 Å². The van der Waals surface area contributed by atoms with Gasteiger partial charge in [0.15, 0.2) is 23.3 Å². The number of nitrogens with zero attached hydrogens (tertiary/aromatic N) is 2. The molecule has 4 nitrogen and oxygen atoms in total. The molecule has 17 heavy (non-hydrogen) atoms. The van der Waals surface area contributed by atoms with Crippen molar-refractivity contribution in [1.82, 2.24) is 4.98 Å². The Kier molecular flexibility index (Phi) is 5.09. The summed E-state index contributed by atoms with van der Waals surface area (Å²) in [5.74, 6) is -1.19. The van der Waals surface area contributed by atoms with Gasteiger partial charge in [-0.1, -0.05) is 0 Å². The van der Waals surface area contributed by atoms with Crippen molar-refractivity contribution >= 4 is 11.6 Å². The largest absolute Gasteiger partial charge is 0.383 e. The van der Waals surface area contributed by atoms with Crippen LogP contribution in [0.5, 0.6) is 0 Å². The van der Waals surface area contributed by atoms with E-state index in [2.05, 4.69) is 10.3 Å². The molecule has 0 aromatic carbocycles. The van der Waals surface area contributed by atoms with Gasteiger partial charge in [0, 0.05) is 33.3 Å². The summed E-state index contributed by atoms with van der Waals surface area (Å²) in [6, 6.07) is 0.837. The SMILES string of the molecule is CCN(CCOC)c1nc(NC)c(F)cc1F. The Balaban J connectivity index is 3.01. The Hall–Kier alpha value is -1.43. The zero-order chi connectivity index (χ0) is 12.8. The fraction of sp³-hybridized carbons (Fsp3) is 0.545. The summed E-state index contributed by atoms with van der Waals surface area (Å²) in [5, 5.41) is 2.59. The van der Waals surface area contributed by atoms with Gasteiger partial charge in [-0.3, -0.25) is 0 Å². The second-order valence-corrected chi connectivity index (χ2v) is 3.45. The van der Waals surface area contributed by atoms with Gasteiger partial charge in [-0.2, -0.15) is 0 Å². The van der Waals surface area contributed by atoms with Gasteiger partial charge >= 0.3 is 0 Å². The Morgan fingerprint density at radius 2 is 2.12 bits per heavy atom. The first-order valence-electron chi connectivity index (χ1n) is 5.41. The van der Waals surface area contributed by atoms with Crippen LogP contribution in [-0.2, 0) is 4.74 Å². The van der Waals surface area contributed by atoms with E-state index in [1.807, 2.05) is 6.92 Å². The highest BCUT2D eigenvalue weighted by Gasteiger charge is 2.15. The number of ether oxygens (including phenoxy) is 1. The first-order valence-corrected chi connectivity index (χ1v) is 5.41. The Bertz CT molecular complexity index is 374. The molecule has 1 rings (SSSR count). The van der Waals surface area contributed by atoms with Crippen LogP contribution < -0.4 is 10.2 Å². The molecule has 0 aliphatic carbocycles. The van der Waals surface area contributed by atoms with E-state index >= 15 is 0 Å². The van der Waals surface area contributed by atoms with E-state index in [0.717, 1.165) is 6.07 Å². The summed E-state index contributed by atoms with van der Waals surface area (Å²) < 4.78 is 31.8. The lowest BCUT2D eigenvalue weighted by Gasteiger charge is -2.22. The summed E-state index contributed by atoms with van der Waals surface area (Å²) in [6.45, 7) is 3.41. The van der Waals surface area contributed by atoms with Gasteiger partial charge in [-0.15, -0.1) is 0 Å². The zero-order valence-corrected chi connectivity index (χ0v) is 10.3. The second-order valence-electron chi connectivity index (χ2n) is 3.45. The number of methoxy groups -OCH3 is 1. The van der Waals surface area contributed by atoms with Gasteiger partial charge in [-0.25, -0.2) is 13.8 Å². The number of hydrogen-bond acceptors (Lipinski definition) is 4. The lowest BCUT2D eigenvalue weighted by molar-refractivity contribution is 0.205. The molecule has 96 valence electrons. The summed E-state index contributed by atoms with van der Waals surface area (Å²) in [7, 11) is 3.11. The standard InChI is InChI=1S/C11H17F2N3O/c1-4-16(5-6-17-3)11-9(13)7-8(12)10(14-2)15-11/h7H,4-6H2,1-3H3,(H,14,15). The van der Waals surface area contributed by atoms with Crippen LogP contribution in [-0.4, -0.2) is 38.8 Å². The molecule has 1 N–H and O–H groups in total. The number of hydrogen-bond donors (Lipinski definition) is 1. The van der Waals surface area contributed by atoms with E-state index in [0.29, 0.717) is 19.7 Å². The zero-order valence-electron chi connectivity index (χ0n) is 10.3. The fourth-order valence-electron chi connectivity index (χ4n) is 1.47. The number of likely N-dealkylation sites (N-methyl/N-ethyl adjacent to an activating group) is 1. The van der Waals surface area contributed by atoms with Gasteiger partial charge in [0.25, 0.3) is 0 Å². The number of aromatic nitrogens is 1. The van der Waals surface area contributed by atoms with Crippen molar-refractivity contribution in [2.75, 3.05) is 44.1 Å². The average molecular weight is 245 g/mol. The maximum Gasteiger partial charge on any atom is 0.168 e. The van der Waals surface area contributed by atoms with Crippen LogP contribution in [0.3, 0.4) is 0 Å². The van der Waals surface area contributed by atoms with E-state index in [-0.39, 0.29) is 11.6 Å². The Morgan fingerprint density at radius 3 is 2.65 bits per heavy atom. The van der Waals surface area contributed by atoms with Gasteiger partial charge in [0.1, 0.15) is 0 Å². The fourth-order valence-corrected chi connectivity index (χ4v) is 1.47. The molecule has 0 saturated carbocycles. The van der Waals surface area contributed by atoms with Crippen LogP contribution in [0.2, 0.25) is 0 Å². The molecule has 1 heterocycles. The lowest BCUT2D eigenvalue weighted by Crippen LogP contribution is -2.29. The van der Waals surface area contributed by atoms with E-state index in [4.69, 9.17) is 4.74 Å². The smallest absolute Gasteiger partial charge is 0.168 e. The molecule has 6 heteroatoms. The van der Waals surface area contributed by atoms with Crippen molar-refractivity contribution in [3.63, 3.8) is 0 Å². The third-order valence-corrected chi connectivity index (χ3v) is 2.39. The van der Waals surface area contributed by atoms with Crippen molar-refractivity contribution in [2.45, 2.75) is 6.92 Å². The van der Waals surface area contributed by atoms with Gasteiger partial charge < -0.3 is 15.0 Å². The topological polar surface area (TPSA) is 37.4 Å². The second kappa shape index (κ2) is 6.34. The van der Waals surface area contributed by atoms with Crippen molar-refractivity contribution in [1.29, 1.82) is 0 Å². The molecule has 0 bridgehead atoms. The van der Waals surface area contributed by atoms with Crippen LogP contribution in [0.15, 0.2) is 6.07 Å². The number of pyridine rings is 1. The van der Waals surface area contributed by atoms with Crippen molar-refractivity contribution < 1.29 is 13.5 Å². The van der Waals surface area contributed by atoms with E-state index < -0.39 is 11.6 Å².